The van der Waals surface area contributed by atoms with Gasteiger partial charge in [0.1, 0.15) is 5.75 Å². The van der Waals surface area contributed by atoms with E-state index in [2.05, 4.69) is 16.2 Å². The molecule has 2 aromatic heterocycles. The molecule has 0 fully saturated rings. The molecule has 0 aliphatic heterocycles. The minimum absolute atomic E-state index is 0.371. The summed E-state index contributed by atoms with van der Waals surface area (Å²) in [4.78, 5) is 14.8. The number of aliphatic carboxylic acids is 1. The highest BCUT2D eigenvalue weighted by Gasteiger charge is 2.10. The molecule has 0 unspecified atom stereocenters. The first-order chi connectivity index (χ1) is 11.7. The summed E-state index contributed by atoms with van der Waals surface area (Å²) in [6.07, 6.45) is 6.74. The Morgan fingerprint density at radius 2 is 2.21 bits per heavy atom. The molecular formula is C17H12N4O3. The highest BCUT2D eigenvalue weighted by Crippen LogP contribution is 2.28. The molecular weight excluding hydrogens is 308 g/mol. The third-order valence-corrected chi connectivity index (χ3v) is 3.28. The second-order valence-electron chi connectivity index (χ2n) is 4.88. The third-order valence-electron chi connectivity index (χ3n) is 3.28. The van der Waals surface area contributed by atoms with E-state index in [1.54, 1.807) is 53.7 Å². The third kappa shape index (κ3) is 3.23. The monoisotopic (exact) mass is 320 g/mol. The van der Waals surface area contributed by atoms with E-state index in [1.807, 2.05) is 6.07 Å². The normalized spacial score (nSPS) is 10.1. The molecule has 0 amide bonds. The Bertz CT molecular complexity index is 914. The molecule has 3 aromatic rings. The van der Waals surface area contributed by atoms with Crippen LogP contribution in [0.3, 0.4) is 0 Å². The van der Waals surface area contributed by atoms with Crippen LogP contribution >= 0.6 is 0 Å². The Labute approximate surface area is 137 Å². The van der Waals surface area contributed by atoms with Crippen LogP contribution in [0.5, 0.6) is 5.75 Å². The van der Waals surface area contributed by atoms with Crippen molar-refractivity contribution in [2.45, 2.75) is 0 Å². The maximum absolute atomic E-state index is 10.6. The van der Waals surface area contributed by atoms with E-state index in [9.17, 15) is 10.1 Å². The van der Waals surface area contributed by atoms with Crippen molar-refractivity contribution in [2.75, 3.05) is 6.61 Å². The number of aromatic nitrogens is 3. The maximum Gasteiger partial charge on any atom is 0.341 e. The topological polar surface area (TPSA) is 101 Å². The summed E-state index contributed by atoms with van der Waals surface area (Å²) in [6.45, 7) is -0.448. The van der Waals surface area contributed by atoms with Crippen molar-refractivity contribution in [3.05, 3.63) is 60.7 Å². The van der Waals surface area contributed by atoms with E-state index in [0.717, 1.165) is 5.69 Å². The Morgan fingerprint density at radius 1 is 1.33 bits per heavy atom. The number of carboxylic acids is 1. The van der Waals surface area contributed by atoms with E-state index in [-0.39, 0.29) is 0 Å². The van der Waals surface area contributed by atoms with Crippen LogP contribution in [-0.4, -0.2) is 32.4 Å². The van der Waals surface area contributed by atoms with Gasteiger partial charge in [0.05, 0.1) is 23.5 Å². The fourth-order valence-electron chi connectivity index (χ4n) is 2.22. The Kier molecular flexibility index (Phi) is 4.21. The lowest BCUT2D eigenvalue weighted by molar-refractivity contribution is -0.139. The number of carbonyl (C=O) groups is 1. The number of hydrogen-bond donors (Lipinski definition) is 1. The van der Waals surface area contributed by atoms with Crippen molar-refractivity contribution in [1.29, 1.82) is 5.26 Å². The second kappa shape index (κ2) is 6.62. The van der Waals surface area contributed by atoms with E-state index in [1.165, 1.54) is 0 Å². The molecule has 118 valence electrons. The molecule has 7 nitrogen and oxygen atoms in total. The molecule has 0 atom stereocenters. The van der Waals surface area contributed by atoms with Gasteiger partial charge >= 0.3 is 5.97 Å². The summed E-state index contributed by atoms with van der Waals surface area (Å²) in [5.41, 5.74) is 2.51. The molecule has 0 saturated carbocycles. The first kappa shape index (κ1) is 15.2. The summed E-state index contributed by atoms with van der Waals surface area (Å²) in [7, 11) is 0. The lowest BCUT2D eigenvalue weighted by atomic mass is 10.0. The fourth-order valence-corrected chi connectivity index (χ4v) is 2.22. The quantitative estimate of drug-likeness (QED) is 0.774. The SMILES string of the molecule is N#Cc1ccc(OCC(=O)O)cc1-c1cncc(-n2cccn2)c1. The molecule has 24 heavy (non-hydrogen) atoms. The number of ether oxygens (including phenoxy) is 1. The van der Waals surface area contributed by atoms with Crippen LogP contribution in [0, 0.1) is 11.3 Å². The maximum atomic E-state index is 10.6. The zero-order valence-corrected chi connectivity index (χ0v) is 12.5. The number of hydrogen-bond acceptors (Lipinski definition) is 5. The molecule has 0 saturated heterocycles. The summed E-state index contributed by atoms with van der Waals surface area (Å²) in [6, 6.07) is 10.5. The standard InChI is InChI=1S/C17H12N4O3/c18-8-12-2-3-15(24-11-17(22)23)7-16(12)13-6-14(10-19-9-13)21-5-1-4-20-21/h1-7,9-10H,11H2,(H,22,23). The van der Waals surface area contributed by atoms with E-state index in [0.29, 0.717) is 22.4 Å². The van der Waals surface area contributed by atoms with Crippen LogP contribution in [0.15, 0.2) is 55.1 Å². The number of benzene rings is 1. The van der Waals surface area contributed by atoms with Gasteiger partial charge in [0.15, 0.2) is 6.61 Å². The molecule has 1 aromatic carbocycles. The fraction of sp³-hybridized carbons (Fsp3) is 0.0588. The van der Waals surface area contributed by atoms with Crippen molar-refractivity contribution < 1.29 is 14.6 Å². The van der Waals surface area contributed by atoms with Gasteiger partial charge in [-0.25, -0.2) is 9.48 Å². The highest BCUT2D eigenvalue weighted by molar-refractivity contribution is 5.73. The van der Waals surface area contributed by atoms with Crippen LogP contribution in [-0.2, 0) is 4.79 Å². The van der Waals surface area contributed by atoms with Crippen LogP contribution in [0.25, 0.3) is 16.8 Å². The van der Waals surface area contributed by atoms with Gasteiger partial charge < -0.3 is 9.84 Å². The smallest absolute Gasteiger partial charge is 0.341 e. The van der Waals surface area contributed by atoms with Crippen LogP contribution in [0.1, 0.15) is 5.56 Å². The van der Waals surface area contributed by atoms with Crippen molar-refractivity contribution >= 4 is 5.97 Å². The summed E-state index contributed by atoms with van der Waals surface area (Å²) in [5, 5.41) is 22.2. The summed E-state index contributed by atoms with van der Waals surface area (Å²) in [5.74, 6) is -0.695. The Hall–Kier alpha value is -3.66. The summed E-state index contributed by atoms with van der Waals surface area (Å²) < 4.78 is 6.84. The van der Waals surface area contributed by atoms with Gasteiger partial charge in [0.2, 0.25) is 0 Å². The van der Waals surface area contributed by atoms with Gasteiger partial charge in [0.25, 0.3) is 0 Å². The molecule has 0 aliphatic carbocycles. The van der Waals surface area contributed by atoms with Gasteiger partial charge in [-0.3, -0.25) is 4.98 Å². The van der Waals surface area contributed by atoms with E-state index < -0.39 is 12.6 Å². The lowest BCUT2D eigenvalue weighted by Gasteiger charge is -2.09. The zero-order chi connectivity index (χ0) is 16.9. The van der Waals surface area contributed by atoms with E-state index in [4.69, 9.17) is 9.84 Å². The van der Waals surface area contributed by atoms with Gasteiger partial charge in [-0.2, -0.15) is 10.4 Å². The zero-order valence-electron chi connectivity index (χ0n) is 12.5. The minimum Gasteiger partial charge on any atom is -0.482 e. The Balaban J connectivity index is 2.01. The number of carboxylic acid groups (broad SMARTS) is 1. The molecule has 0 aliphatic rings. The van der Waals surface area contributed by atoms with Crippen molar-refractivity contribution in [3.63, 3.8) is 0 Å². The molecule has 0 spiro atoms. The summed E-state index contributed by atoms with van der Waals surface area (Å²) >= 11 is 0. The average Bonchev–Trinajstić information content (AvgIpc) is 3.14. The molecule has 3 rings (SSSR count). The molecule has 0 bridgehead atoms. The van der Waals surface area contributed by atoms with Gasteiger partial charge in [-0.15, -0.1) is 0 Å². The van der Waals surface area contributed by atoms with Crippen LogP contribution in [0.2, 0.25) is 0 Å². The van der Waals surface area contributed by atoms with Crippen molar-refractivity contribution in [2.24, 2.45) is 0 Å². The van der Waals surface area contributed by atoms with Crippen molar-refractivity contribution in [3.8, 4) is 28.6 Å². The minimum atomic E-state index is -1.07. The first-order valence-electron chi connectivity index (χ1n) is 7.01. The largest absolute Gasteiger partial charge is 0.482 e. The molecule has 7 heteroatoms. The predicted octanol–water partition coefficient (Wildman–Crippen LogP) is 2.27. The van der Waals surface area contributed by atoms with Crippen LogP contribution < -0.4 is 4.74 Å². The van der Waals surface area contributed by atoms with Crippen molar-refractivity contribution in [1.82, 2.24) is 14.8 Å². The molecule has 1 N–H and O–H groups in total. The molecule has 2 heterocycles. The number of nitriles is 1. The Morgan fingerprint density at radius 3 is 2.92 bits per heavy atom. The first-order valence-corrected chi connectivity index (χ1v) is 7.01. The number of rotatable bonds is 5. The van der Waals surface area contributed by atoms with Gasteiger partial charge in [-0.1, -0.05) is 0 Å². The van der Waals surface area contributed by atoms with Crippen LogP contribution in [0.4, 0.5) is 0 Å². The predicted molar refractivity (Wildman–Crippen MR) is 84.6 cm³/mol. The number of pyridine rings is 1. The highest BCUT2D eigenvalue weighted by atomic mass is 16.5. The number of nitrogens with zero attached hydrogens (tertiary/aromatic N) is 4. The van der Waals surface area contributed by atoms with Gasteiger partial charge in [-0.05, 0) is 30.3 Å². The lowest BCUT2D eigenvalue weighted by Crippen LogP contribution is -2.09. The second-order valence-corrected chi connectivity index (χ2v) is 4.88. The van der Waals surface area contributed by atoms with E-state index >= 15 is 0 Å². The average molecular weight is 320 g/mol. The van der Waals surface area contributed by atoms with Gasteiger partial charge in [0, 0.05) is 29.7 Å². The molecule has 0 radical (unpaired) electrons.